The lowest BCUT2D eigenvalue weighted by atomic mass is 10.1. The van der Waals surface area contributed by atoms with Crippen LogP contribution >= 0.6 is 50.7 Å². The summed E-state index contributed by atoms with van der Waals surface area (Å²) in [6.07, 6.45) is 0.430. The van der Waals surface area contributed by atoms with Crippen molar-refractivity contribution >= 4 is 62.5 Å². The highest BCUT2D eigenvalue weighted by Gasteiger charge is 2.31. The number of benzene rings is 2. The van der Waals surface area contributed by atoms with Crippen molar-refractivity contribution in [1.82, 2.24) is 10.2 Å². The Labute approximate surface area is 212 Å². The summed E-state index contributed by atoms with van der Waals surface area (Å²) in [7, 11) is 0. The van der Waals surface area contributed by atoms with Crippen LogP contribution in [-0.2, 0) is 16.1 Å². The molecule has 9 heteroatoms. The lowest BCUT2D eigenvalue weighted by Gasteiger charge is -2.33. The zero-order chi connectivity index (χ0) is 24.1. The number of carbonyl (C=O) groups excluding carboxylic acids is 2. The Morgan fingerprint density at radius 2 is 1.78 bits per heavy atom. The van der Waals surface area contributed by atoms with Crippen LogP contribution in [0.5, 0.6) is 5.75 Å². The standard InChI is InChI=1S/C23H26BrCl3N2O3/c1-5-19(22(31)28-23(2,3)4)29(12-14-6-8-17(26)18(27)10-14)21(30)13-32-20-9-7-15(25)11-16(20)24/h6-11,19H,5,12-13H2,1-4H3,(H,28,31)/t19-/m0/s1. The summed E-state index contributed by atoms with van der Waals surface area (Å²) in [5, 5.41) is 4.30. The molecule has 0 saturated heterocycles. The van der Waals surface area contributed by atoms with Crippen LogP contribution in [0.15, 0.2) is 40.9 Å². The third kappa shape index (κ3) is 7.84. The Balaban J connectivity index is 2.29. The molecule has 0 aliphatic heterocycles. The molecule has 1 atom stereocenters. The van der Waals surface area contributed by atoms with Crippen LogP contribution < -0.4 is 10.1 Å². The molecule has 0 heterocycles. The fraction of sp³-hybridized carbons (Fsp3) is 0.391. The molecular weight excluding hydrogens is 539 g/mol. The molecule has 2 aromatic carbocycles. The third-order valence-corrected chi connectivity index (χ3v) is 6.06. The van der Waals surface area contributed by atoms with Gasteiger partial charge >= 0.3 is 0 Å². The summed E-state index contributed by atoms with van der Waals surface area (Å²) in [5.41, 5.74) is 0.315. The quantitative estimate of drug-likeness (QED) is 0.398. The molecular formula is C23H26BrCl3N2O3. The van der Waals surface area contributed by atoms with Gasteiger partial charge in [0.1, 0.15) is 11.8 Å². The Morgan fingerprint density at radius 3 is 2.34 bits per heavy atom. The highest BCUT2D eigenvalue weighted by molar-refractivity contribution is 9.10. The second kappa shape index (κ2) is 11.6. The van der Waals surface area contributed by atoms with Crippen molar-refractivity contribution in [2.75, 3.05) is 6.61 Å². The van der Waals surface area contributed by atoms with Crippen molar-refractivity contribution in [3.63, 3.8) is 0 Å². The van der Waals surface area contributed by atoms with E-state index in [0.717, 1.165) is 5.56 Å². The molecule has 0 spiro atoms. The second-order valence-electron chi connectivity index (χ2n) is 8.30. The normalized spacial score (nSPS) is 12.2. The SMILES string of the molecule is CC[C@@H](C(=O)NC(C)(C)C)N(Cc1ccc(Cl)c(Cl)c1)C(=O)COc1ccc(Cl)cc1Br. The van der Waals surface area contributed by atoms with Crippen LogP contribution in [0.1, 0.15) is 39.7 Å². The van der Waals surface area contributed by atoms with Crippen molar-refractivity contribution in [3.05, 3.63) is 61.5 Å². The zero-order valence-electron chi connectivity index (χ0n) is 18.3. The van der Waals surface area contributed by atoms with Gasteiger partial charge in [0, 0.05) is 17.1 Å². The highest BCUT2D eigenvalue weighted by atomic mass is 79.9. The third-order valence-electron chi connectivity index (χ3n) is 4.47. The average molecular weight is 565 g/mol. The first-order valence-electron chi connectivity index (χ1n) is 10.0. The lowest BCUT2D eigenvalue weighted by Crippen LogP contribution is -2.54. The van der Waals surface area contributed by atoms with Crippen LogP contribution in [0.4, 0.5) is 0 Å². The van der Waals surface area contributed by atoms with Crippen LogP contribution in [0.25, 0.3) is 0 Å². The molecule has 0 saturated carbocycles. The molecule has 32 heavy (non-hydrogen) atoms. The van der Waals surface area contributed by atoms with Crippen LogP contribution in [0.2, 0.25) is 15.1 Å². The lowest BCUT2D eigenvalue weighted by molar-refractivity contribution is -0.143. The minimum Gasteiger partial charge on any atom is -0.483 e. The van der Waals surface area contributed by atoms with Gasteiger partial charge in [-0.15, -0.1) is 0 Å². The predicted octanol–water partition coefficient (Wildman–Crippen LogP) is 6.51. The number of ether oxygens (including phenoxy) is 1. The van der Waals surface area contributed by atoms with E-state index >= 15 is 0 Å². The van der Waals surface area contributed by atoms with Crippen LogP contribution in [0.3, 0.4) is 0 Å². The van der Waals surface area contributed by atoms with E-state index in [4.69, 9.17) is 39.5 Å². The number of hydrogen-bond donors (Lipinski definition) is 1. The number of rotatable bonds is 8. The van der Waals surface area contributed by atoms with Crippen molar-refractivity contribution in [3.8, 4) is 5.75 Å². The molecule has 0 aliphatic carbocycles. The molecule has 0 bridgehead atoms. The summed E-state index contributed by atoms with van der Waals surface area (Å²) in [6, 6.07) is 9.47. The Morgan fingerprint density at radius 1 is 1.09 bits per heavy atom. The van der Waals surface area contributed by atoms with Gasteiger partial charge in [0.05, 0.1) is 14.5 Å². The van der Waals surface area contributed by atoms with Gasteiger partial charge in [-0.25, -0.2) is 0 Å². The molecule has 0 aromatic heterocycles. The first kappa shape index (κ1) is 26.8. The first-order chi connectivity index (χ1) is 14.9. The predicted molar refractivity (Wildman–Crippen MR) is 134 cm³/mol. The van der Waals surface area contributed by atoms with Gasteiger partial charge in [-0.3, -0.25) is 9.59 Å². The number of nitrogens with zero attached hydrogens (tertiary/aromatic N) is 1. The summed E-state index contributed by atoms with van der Waals surface area (Å²) in [6.45, 7) is 7.47. The first-order valence-corrected chi connectivity index (χ1v) is 12.0. The molecule has 2 aromatic rings. The highest BCUT2D eigenvalue weighted by Crippen LogP contribution is 2.28. The van der Waals surface area contributed by atoms with Crippen molar-refractivity contribution < 1.29 is 14.3 Å². The molecule has 0 radical (unpaired) electrons. The van der Waals surface area contributed by atoms with Gasteiger partial charge in [0.15, 0.2) is 6.61 Å². The maximum absolute atomic E-state index is 13.2. The summed E-state index contributed by atoms with van der Waals surface area (Å²) < 4.78 is 6.35. The molecule has 5 nitrogen and oxygen atoms in total. The Bertz CT molecular complexity index is 979. The maximum atomic E-state index is 13.2. The van der Waals surface area contributed by atoms with E-state index in [1.54, 1.807) is 36.4 Å². The Hall–Kier alpha value is -1.47. The van der Waals surface area contributed by atoms with E-state index in [1.165, 1.54) is 4.90 Å². The topological polar surface area (TPSA) is 58.6 Å². The van der Waals surface area contributed by atoms with Gasteiger partial charge in [0.2, 0.25) is 5.91 Å². The summed E-state index contributed by atoms with van der Waals surface area (Å²) in [4.78, 5) is 27.7. The smallest absolute Gasteiger partial charge is 0.261 e. The monoisotopic (exact) mass is 562 g/mol. The van der Waals surface area contributed by atoms with E-state index in [0.29, 0.717) is 31.7 Å². The van der Waals surface area contributed by atoms with E-state index in [-0.39, 0.29) is 25.0 Å². The van der Waals surface area contributed by atoms with E-state index in [2.05, 4.69) is 21.2 Å². The minimum atomic E-state index is -0.687. The molecule has 1 N–H and O–H groups in total. The second-order valence-corrected chi connectivity index (χ2v) is 10.4. The zero-order valence-corrected chi connectivity index (χ0v) is 22.2. The molecule has 2 amide bonds. The molecule has 0 aliphatic rings. The summed E-state index contributed by atoms with van der Waals surface area (Å²) in [5.74, 6) is -0.0978. The van der Waals surface area contributed by atoms with Crippen LogP contribution in [-0.4, -0.2) is 34.9 Å². The maximum Gasteiger partial charge on any atom is 0.261 e. The number of amides is 2. The molecule has 0 unspecified atom stereocenters. The average Bonchev–Trinajstić information content (AvgIpc) is 2.68. The fourth-order valence-electron chi connectivity index (χ4n) is 3.02. The number of hydrogen-bond acceptors (Lipinski definition) is 3. The van der Waals surface area contributed by atoms with Gasteiger partial charge in [0.25, 0.3) is 5.91 Å². The van der Waals surface area contributed by atoms with E-state index in [9.17, 15) is 9.59 Å². The number of halogens is 4. The van der Waals surface area contributed by atoms with E-state index < -0.39 is 11.6 Å². The molecule has 0 fully saturated rings. The van der Waals surface area contributed by atoms with E-state index in [1.807, 2.05) is 27.7 Å². The van der Waals surface area contributed by atoms with Crippen LogP contribution in [0, 0.1) is 0 Å². The van der Waals surface area contributed by atoms with Gasteiger partial charge in [-0.05, 0) is 79.0 Å². The Kier molecular flexibility index (Phi) is 9.70. The van der Waals surface area contributed by atoms with Gasteiger partial charge in [-0.2, -0.15) is 0 Å². The van der Waals surface area contributed by atoms with Gasteiger partial charge in [-0.1, -0.05) is 47.8 Å². The number of nitrogens with one attached hydrogen (secondary N) is 1. The summed E-state index contributed by atoms with van der Waals surface area (Å²) >= 11 is 21.5. The van der Waals surface area contributed by atoms with Crippen molar-refractivity contribution in [1.29, 1.82) is 0 Å². The van der Waals surface area contributed by atoms with Crippen molar-refractivity contribution in [2.45, 2.75) is 52.2 Å². The number of carbonyl (C=O) groups is 2. The largest absolute Gasteiger partial charge is 0.483 e. The molecule has 174 valence electrons. The molecule has 2 rings (SSSR count). The fourth-order valence-corrected chi connectivity index (χ4v) is 4.14. The van der Waals surface area contributed by atoms with Gasteiger partial charge < -0.3 is 15.0 Å². The minimum absolute atomic E-state index is 0.178. The van der Waals surface area contributed by atoms with Crippen molar-refractivity contribution in [2.24, 2.45) is 0 Å².